The van der Waals surface area contributed by atoms with Crippen LogP contribution in [0, 0.1) is 5.82 Å². The largest absolute Gasteiger partial charge is 0.376 e. The molecule has 6 heteroatoms. The molecular formula is C19H31FN4O. The number of aliphatic imine (C=N–C) groups is 1. The normalized spacial score (nSPS) is 17.6. The lowest BCUT2D eigenvalue weighted by Gasteiger charge is -2.21. The average molecular weight is 350 g/mol. The van der Waals surface area contributed by atoms with Crippen LogP contribution in [0.1, 0.15) is 39.2 Å². The second-order valence-corrected chi connectivity index (χ2v) is 6.17. The summed E-state index contributed by atoms with van der Waals surface area (Å²) in [6, 6.07) is 5.38. The molecule has 1 aromatic carbocycles. The number of guanidine groups is 1. The Morgan fingerprint density at radius 3 is 2.68 bits per heavy atom. The van der Waals surface area contributed by atoms with Crippen molar-refractivity contribution in [3.63, 3.8) is 0 Å². The summed E-state index contributed by atoms with van der Waals surface area (Å²) in [5, 5.41) is 6.53. The topological polar surface area (TPSA) is 48.9 Å². The summed E-state index contributed by atoms with van der Waals surface area (Å²) in [5.41, 5.74) is 1.52. The zero-order valence-corrected chi connectivity index (χ0v) is 15.6. The maximum Gasteiger partial charge on any atom is 0.191 e. The predicted octanol–water partition coefficient (Wildman–Crippen LogP) is 2.91. The van der Waals surface area contributed by atoms with Crippen molar-refractivity contribution in [2.45, 2.75) is 46.3 Å². The maximum atomic E-state index is 14.4. The molecule has 1 aliphatic rings. The van der Waals surface area contributed by atoms with Crippen LogP contribution in [0.5, 0.6) is 0 Å². The first kappa shape index (κ1) is 19.5. The summed E-state index contributed by atoms with van der Waals surface area (Å²) in [5.74, 6) is 0.556. The standard InChI is InChI=1S/C19H31FN4O/c1-4-21-19(23-14-16-8-7-11-25-16)22-13-15-9-10-18(17(20)12-15)24(5-2)6-3/h9-10,12,16H,4-8,11,13-14H2,1-3H3,(H2,21,22,23). The summed E-state index contributed by atoms with van der Waals surface area (Å²) in [4.78, 5) is 6.57. The highest BCUT2D eigenvalue weighted by atomic mass is 19.1. The summed E-state index contributed by atoms with van der Waals surface area (Å²) in [6.07, 6.45) is 2.47. The lowest BCUT2D eigenvalue weighted by atomic mass is 10.2. The summed E-state index contributed by atoms with van der Waals surface area (Å²) in [7, 11) is 0. The second kappa shape index (κ2) is 10.2. The molecule has 1 aromatic rings. The minimum Gasteiger partial charge on any atom is -0.376 e. The number of anilines is 1. The Hall–Kier alpha value is -1.82. The van der Waals surface area contributed by atoms with Gasteiger partial charge in [0, 0.05) is 32.8 Å². The van der Waals surface area contributed by atoms with Crippen molar-refractivity contribution < 1.29 is 9.13 Å². The van der Waals surface area contributed by atoms with Crippen molar-refractivity contribution in [3.8, 4) is 0 Å². The van der Waals surface area contributed by atoms with Gasteiger partial charge >= 0.3 is 0 Å². The first-order valence-electron chi connectivity index (χ1n) is 9.35. The fraction of sp³-hybridized carbons (Fsp3) is 0.632. The van der Waals surface area contributed by atoms with Crippen LogP contribution in [0.2, 0.25) is 0 Å². The van der Waals surface area contributed by atoms with Crippen molar-refractivity contribution in [1.82, 2.24) is 10.6 Å². The minimum absolute atomic E-state index is 0.186. The molecule has 140 valence electrons. The lowest BCUT2D eigenvalue weighted by Crippen LogP contribution is -2.41. The molecule has 0 spiro atoms. The molecule has 2 rings (SSSR count). The molecule has 25 heavy (non-hydrogen) atoms. The summed E-state index contributed by atoms with van der Waals surface area (Å²) >= 11 is 0. The van der Waals surface area contributed by atoms with Crippen LogP contribution in [0.4, 0.5) is 10.1 Å². The summed E-state index contributed by atoms with van der Waals surface area (Å²) in [6.45, 7) is 10.5. The van der Waals surface area contributed by atoms with E-state index in [4.69, 9.17) is 4.74 Å². The molecule has 2 N–H and O–H groups in total. The molecule has 0 radical (unpaired) electrons. The Morgan fingerprint density at radius 2 is 2.08 bits per heavy atom. The molecular weight excluding hydrogens is 319 g/mol. The highest BCUT2D eigenvalue weighted by molar-refractivity contribution is 5.79. The van der Waals surface area contributed by atoms with E-state index >= 15 is 0 Å². The molecule has 1 saturated heterocycles. The van der Waals surface area contributed by atoms with Gasteiger partial charge in [0.1, 0.15) is 5.82 Å². The van der Waals surface area contributed by atoms with Crippen molar-refractivity contribution >= 4 is 11.6 Å². The Kier molecular flexibility index (Phi) is 7.98. The number of nitrogens with zero attached hydrogens (tertiary/aromatic N) is 2. The number of hydrogen-bond acceptors (Lipinski definition) is 3. The van der Waals surface area contributed by atoms with E-state index in [2.05, 4.69) is 15.6 Å². The van der Waals surface area contributed by atoms with Crippen molar-refractivity contribution in [2.24, 2.45) is 4.99 Å². The molecule has 0 aromatic heterocycles. The van der Waals surface area contributed by atoms with E-state index in [9.17, 15) is 4.39 Å². The van der Waals surface area contributed by atoms with E-state index in [0.29, 0.717) is 12.2 Å². The second-order valence-electron chi connectivity index (χ2n) is 6.17. The number of nitrogens with one attached hydrogen (secondary N) is 2. The molecule has 1 heterocycles. The molecule has 1 fully saturated rings. The first-order valence-corrected chi connectivity index (χ1v) is 9.35. The molecule has 0 bridgehead atoms. The molecule has 1 aliphatic heterocycles. The fourth-order valence-corrected chi connectivity index (χ4v) is 3.00. The smallest absolute Gasteiger partial charge is 0.191 e. The van der Waals surface area contributed by atoms with Crippen LogP contribution in [-0.2, 0) is 11.3 Å². The molecule has 5 nitrogen and oxygen atoms in total. The van der Waals surface area contributed by atoms with Crippen molar-refractivity contribution in [3.05, 3.63) is 29.6 Å². The third kappa shape index (κ3) is 5.88. The van der Waals surface area contributed by atoms with Gasteiger partial charge in [-0.3, -0.25) is 0 Å². The van der Waals surface area contributed by atoms with E-state index in [1.54, 1.807) is 6.07 Å². The quantitative estimate of drug-likeness (QED) is 0.559. The van der Waals surface area contributed by atoms with Gasteiger partial charge in [0.15, 0.2) is 5.96 Å². The van der Waals surface area contributed by atoms with E-state index in [0.717, 1.165) is 57.2 Å². The van der Waals surface area contributed by atoms with E-state index < -0.39 is 0 Å². The van der Waals surface area contributed by atoms with Gasteiger partial charge in [-0.25, -0.2) is 9.38 Å². The molecule has 0 aliphatic carbocycles. The van der Waals surface area contributed by atoms with Gasteiger partial charge in [-0.05, 0) is 51.3 Å². The number of rotatable bonds is 8. The molecule has 1 unspecified atom stereocenters. The Morgan fingerprint density at radius 1 is 1.28 bits per heavy atom. The SMILES string of the molecule is CCNC(=NCc1ccc(N(CC)CC)c(F)c1)NCC1CCCO1. The highest BCUT2D eigenvalue weighted by Crippen LogP contribution is 2.20. The maximum absolute atomic E-state index is 14.4. The monoisotopic (exact) mass is 350 g/mol. The van der Waals surface area contributed by atoms with Crippen molar-refractivity contribution in [2.75, 3.05) is 37.7 Å². The fourth-order valence-electron chi connectivity index (χ4n) is 3.00. The zero-order chi connectivity index (χ0) is 18.1. The molecule has 1 atom stereocenters. The van der Waals surface area contributed by atoms with E-state index in [1.165, 1.54) is 0 Å². The highest BCUT2D eigenvalue weighted by Gasteiger charge is 2.15. The first-order chi connectivity index (χ1) is 12.2. The predicted molar refractivity (Wildman–Crippen MR) is 102 cm³/mol. The zero-order valence-electron chi connectivity index (χ0n) is 15.6. The van der Waals surface area contributed by atoms with Crippen LogP contribution in [0.15, 0.2) is 23.2 Å². The molecule has 0 amide bonds. The Labute approximate surface area is 150 Å². The van der Waals surface area contributed by atoms with Gasteiger partial charge in [-0.15, -0.1) is 0 Å². The molecule has 0 saturated carbocycles. The van der Waals surface area contributed by atoms with Gasteiger partial charge in [-0.2, -0.15) is 0 Å². The van der Waals surface area contributed by atoms with E-state index in [1.807, 2.05) is 37.8 Å². The van der Waals surface area contributed by atoms with Crippen LogP contribution in [-0.4, -0.2) is 44.8 Å². The number of hydrogen-bond donors (Lipinski definition) is 2. The van der Waals surface area contributed by atoms with Crippen LogP contribution in [0.25, 0.3) is 0 Å². The number of halogens is 1. The lowest BCUT2D eigenvalue weighted by molar-refractivity contribution is 0.114. The van der Waals surface area contributed by atoms with Gasteiger partial charge in [0.2, 0.25) is 0 Å². The van der Waals surface area contributed by atoms with Gasteiger partial charge < -0.3 is 20.3 Å². The average Bonchev–Trinajstić information content (AvgIpc) is 3.13. The third-order valence-electron chi connectivity index (χ3n) is 4.40. The van der Waals surface area contributed by atoms with E-state index in [-0.39, 0.29) is 11.9 Å². The van der Waals surface area contributed by atoms with Crippen LogP contribution >= 0.6 is 0 Å². The van der Waals surface area contributed by atoms with Gasteiger partial charge in [0.25, 0.3) is 0 Å². The minimum atomic E-state index is -0.186. The van der Waals surface area contributed by atoms with Gasteiger partial charge in [-0.1, -0.05) is 6.07 Å². The third-order valence-corrected chi connectivity index (χ3v) is 4.40. The summed E-state index contributed by atoms with van der Waals surface area (Å²) < 4.78 is 20.0. The number of ether oxygens (including phenoxy) is 1. The van der Waals surface area contributed by atoms with Crippen molar-refractivity contribution in [1.29, 1.82) is 0 Å². The Bertz CT molecular complexity index is 554. The van der Waals surface area contributed by atoms with Crippen LogP contribution in [0.3, 0.4) is 0 Å². The van der Waals surface area contributed by atoms with Crippen LogP contribution < -0.4 is 15.5 Å². The Balaban J connectivity index is 1.97. The van der Waals surface area contributed by atoms with Gasteiger partial charge in [0.05, 0.1) is 18.3 Å². The number of benzene rings is 1.